The zero-order valence-corrected chi connectivity index (χ0v) is 10.2. The van der Waals surface area contributed by atoms with E-state index < -0.39 is 5.79 Å². The highest BCUT2D eigenvalue weighted by atomic mass is 16.7. The third-order valence-corrected chi connectivity index (χ3v) is 2.97. The van der Waals surface area contributed by atoms with Gasteiger partial charge < -0.3 is 14.6 Å². The molecule has 2 atom stereocenters. The van der Waals surface area contributed by atoms with Gasteiger partial charge >= 0.3 is 0 Å². The summed E-state index contributed by atoms with van der Waals surface area (Å²) in [5.41, 5.74) is 0.649. The van der Waals surface area contributed by atoms with Crippen molar-refractivity contribution in [3.8, 4) is 0 Å². The maximum atomic E-state index is 9.21. The summed E-state index contributed by atoms with van der Waals surface area (Å²) in [7, 11) is 0. The van der Waals surface area contributed by atoms with Crippen LogP contribution in [0.1, 0.15) is 11.5 Å². The molecule has 0 amide bonds. The molecule has 3 rings (SSSR count). The SMILES string of the molecule is OCC1COC(Cc2nc[nH]n2)(c2ccccn2)O1. The second-order valence-corrected chi connectivity index (χ2v) is 4.29. The van der Waals surface area contributed by atoms with Gasteiger partial charge in [0.05, 0.1) is 25.3 Å². The van der Waals surface area contributed by atoms with Crippen LogP contribution >= 0.6 is 0 Å². The van der Waals surface area contributed by atoms with Crippen molar-refractivity contribution in [2.24, 2.45) is 0 Å². The van der Waals surface area contributed by atoms with E-state index in [2.05, 4.69) is 20.2 Å². The number of hydrogen-bond donors (Lipinski definition) is 2. The molecule has 1 saturated heterocycles. The maximum absolute atomic E-state index is 9.21. The van der Waals surface area contributed by atoms with Crippen LogP contribution in [-0.2, 0) is 21.7 Å². The Kier molecular flexibility index (Phi) is 3.24. The normalized spacial score (nSPS) is 26.7. The molecule has 0 radical (unpaired) electrons. The van der Waals surface area contributed by atoms with Crippen molar-refractivity contribution in [1.82, 2.24) is 20.2 Å². The molecule has 1 aliphatic rings. The lowest BCUT2D eigenvalue weighted by Crippen LogP contribution is -2.33. The van der Waals surface area contributed by atoms with E-state index in [1.54, 1.807) is 6.20 Å². The fourth-order valence-corrected chi connectivity index (χ4v) is 2.09. The van der Waals surface area contributed by atoms with E-state index in [1.807, 2.05) is 18.2 Å². The molecule has 0 aromatic carbocycles. The lowest BCUT2D eigenvalue weighted by atomic mass is 10.1. The lowest BCUT2D eigenvalue weighted by molar-refractivity contribution is -0.183. The molecule has 7 nitrogen and oxygen atoms in total. The van der Waals surface area contributed by atoms with Gasteiger partial charge in [-0.25, -0.2) is 4.98 Å². The van der Waals surface area contributed by atoms with Gasteiger partial charge in [-0.05, 0) is 12.1 Å². The van der Waals surface area contributed by atoms with E-state index in [1.165, 1.54) is 6.33 Å². The van der Waals surface area contributed by atoms with Gasteiger partial charge in [-0.2, -0.15) is 5.10 Å². The second kappa shape index (κ2) is 5.04. The van der Waals surface area contributed by atoms with E-state index >= 15 is 0 Å². The Morgan fingerprint density at radius 2 is 2.37 bits per heavy atom. The number of aromatic amines is 1. The summed E-state index contributed by atoms with van der Waals surface area (Å²) < 4.78 is 11.6. The smallest absolute Gasteiger partial charge is 0.220 e. The van der Waals surface area contributed by atoms with Gasteiger partial charge in [0.15, 0.2) is 5.82 Å². The highest BCUT2D eigenvalue weighted by Gasteiger charge is 2.45. The van der Waals surface area contributed by atoms with E-state index in [0.717, 1.165) is 0 Å². The van der Waals surface area contributed by atoms with Gasteiger partial charge in [0, 0.05) is 6.20 Å². The van der Waals surface area contributed by atoms with Crippen molar-refractivity contribution in [1.29, 1.82) is 0 Å². The molecule has 0 bridgehead atoms. The van der Waals surface area contributed by atoms with Crippen LogP contribution in [0.2, 0.25) is 0 Å². The van der Waals surface area contributed by atoms with Gasteiger partial charge in [0.2, 0.25) is 5.79 Å². The first kappa shape index (κ1) is 12.2. The molecule has 2 N–H and O–H groups in total. The first-order chi connectivity index (χ1) is 9.32. The molecule has 2 unspecified atom stereocenters. The van der Waals surface area contributed by atoms with Crippen molar-refractivity contribution >= 4 is 0 Å². The zero-order valence-electron chi connectivity index (χ0n) is 10.2. The van der Waals surface area contributed by atoms with Gasteiger partial charge in [-0.15, -0.1) is 0 Å². The number of hydrogen-bond acceptors (Lipinski definition) is 6. The molecule has 0 aliphatic carbocycles. The Labute approximate surface area is 109 Å². The highest BCUT2D eigenvalue weighted by molar-refractivity contribution is 5.14. The number of pyridine rings is 1. The van der Waals surface area contributed by atoms with Crippen molar-refractivity contribution < 1.29 is 14.6 Å². The number of aliphatic hydroxyl groups excluding tert-OH is 1. The van der Waals surface area contributed by atoms with Crippen LogP contribution in [0, 0.1) is 0 Å². The Hall–Kier alpha value is -1.83. The fourth-order valence-electron chi connectivity index (χ4n) is 2.09. The van der Waals surface area contributed by atoms with Crippen LogP contribution in [-0.4, -0.2) is 44.6 Å². The third-order valence-electron chi connectivity index (χ3n) is 2.97. The summed E-state index contributed by atoms with van der Waals surface area (Å²) in [5.74, 6) is -0.458. The Bertz CT molecular complexity index is 519. The van der Waals surface area contributed by atoms with E-state index in [0.29, 0.717) is 24.5 Å². The minimum atomic E-state index is -1.03. The topological polar surface area (TPSA) is 93.2 Å². The lowest BCUT2D eigenvalue weighted by Gasteiger charge is -2.26. The number of nitrogens with zero attached hydrogens (tertiary/aromatic N) is 3. The molecule has 19 heavy (non-hydrogen) atoms. The number of rotatable bonds is 4. The van der Waals surface area contributed by atoms with E-state index in [9.17, 15) is 5.11 Å². The van der Waals surface area contributed by atoms with Gasteiger partial charge in [-0.3, -0.25) is 10.1 Å². The van der Waals surface area contributed by atoms with Gasteiger partial charge in [0.25, 0.3) is 0 Å². The average Bonchev–Trinajstić information content (AvgIpc) is 3.10. The van der Waals surface area contributed by atoms with Crippen LogP contribution in [0.25, 0.3) is 0 Å². The number of nitrogens with one attached hydrogen (secondary N) is 1. The second-order valence-electron chi connectivity index (χ2n) is 4.29. The highest BCUT2D eigenvalue weighted by Crippen LogP contribution is 2.35. The summed E-state index contributed by atoms with van der Waals surface area (Å²) in [6.07, 6.45) is 3.15. The third kappa shape index (κ3) is 2.35. The van der Waals surface area contributed by atoms with Gasteiger partial charge in [-0.1, -0.05) is 6.07 Å². The summed E-state index contributed by atoms with van der Waals surface area (Å²) in [6, 6.07) is 5.51. The fraction of sp³-hybridized carbons (Fsp3) is 0.417. The van der Waals surface area contributed by atoms with Crippen LogP contribution < -0.4 is 0 Å². The minimum absolute atomic E-state index is 0.0947. The molecule has 7 heteroatoms. The molecule has 1 aliphatic heterocycles. The molecule has 100 valence electrons. The summed E-state index contributed by atoms with van der Waals surface area (Å²) >= 11 is 0. The molecule has 1 fully saturated rings. The molecule has 2 aromatic heterocycles. The predicted molar refractivity (Wildman–Crippen MR) is 63.9 cm³/mol. The number of H-pyrrole nitrogens is 1. The molecule has 0 saturated carbocycles. The maximum Gasteiger partial charge on any atom is 0.220 e. The van der Waals surface area contributed by atoms with Crippen LogP contribution in [0.4, 0.5) is 0 Å². The van der Waals surface area contributed by atoms with Crippen LogP contribution in [0.3, 0.4) is 0 Å². The quantitative estimate of drug-likeness (QED) is 0.805. The molecule has 0 spiro atoms. The minimum Gasteiger partial charge on any atom is -0.394 e. The monoisotopic (exact) mass is 262 g/mol. The van der Waals surface area contributed by atoms with Crippen molar-refractivity contribution in [3.63, 3.8) is 0 Å². The number of aliphatic hydroxyl groups is 1. The average molecular weight is 262 g/mol. The summed E-state index contributed by atoms with van der Waals surface area (Å²) in [6.45, 7) is 0.222. The Balaban J connectivity index is 1.92. The molecule has 3 heterocycles. The molecular weight excluding hydrogens is 248 g/mol. The first-order valence-corrected chi connectivity index (χ1v) is 6.01. The van der Waals surface area contributed by atoms with E-state index in [4.69, 9.17) is 9.47 Å². The predicted octanol–water partition coefficient (Wildman–Crippen LogP) is 0.00290. The Morgan fingerprint density at radius 3 is 3.00 bits per heavy atom. The van der Waals surface area contributed by atoms with Crippen LogP contribution in [0.5, 0.6) is 0 Å². The van der Waals surface area contributed by atoms with Crippen molar-refractivity contribution in [2.75, 3.05) is 13.2 Å². The van der Waals surface area contributed by atoms with Crippen LogP contribution in [0.15, 0.2) is 30.7 Å². The largest absolute Gasteiger partial charge is 0.394 e. The summed E-state index contributed by atoms with van der Waals surface area (Å²) in [4.78, 5) is 8.37. The summed E-state index contributed by atoms with van der Waals surface area (Å²) in [5, 5.41) is 15.9. The van der Waals surface area contributed by atoms with Crippen molar-refractivity contribution in [3.05, 3.63) is 42.2 Å². The zero-order chi connectivity index (χ0) is 13.1. The van der Waals surface area contributed by atoms with Crippen molar-refractivity contribution in [2.45, 2.75) is 18.3 Å². The number of aromatic nitrogens is 4. The van der Waals surface area contributed by atoms with E-state index in [-0.39, 0.29) is 12.7 Å². The molecular formula is C12H14N4O3. The first-order valence-electron chi connectivity index (χ1n) is 6.01. The van der Waals surface area contributed by atoms with Gasteiger partial charge in [0.1, 0.15) is 12.4 Å². The Morgan fingerprint density at radius 1 is 1.42 bits per heavy atom. The molecule has 2 aromatic rings. The standard InChI is InChI=1S/C12H14N4O3/c17-6-9-7-18-12(19-9,5-11-14-8-15-16-11)10-3-1-2-4-13-10/h1-4,8-9,17H,5-7H2,(H,14,15,16). The number of ether oxygens (including phenoxy) is 2.